The van der Waals surface area contributed by atoms with Gasteiger partial charge in [0, 0.05) is 25.0 Å². The molecular formula is C19H25N3OS. The van der Waals surface area contributed by atoms with Crippen LogP contribution in [0, 0.1) is 12.8 Å². The molecule has 1 N–H and O–H groups in total. The van der Waals surface area contributed by atoms with E-state index < -0.39 is 5.60 Å². The lowest BCUT2D eigenvalue weighted by Gasteiger charge is -2.52. The molecule has 0 amide bonds. The van der Waals surface area contributed by atoms with Gasteiger partial charge in [-0.3, -0.25) is 4.90 Å². The normalized spacial score (nSPS) is 30.9. The van der Waals surface area contributed by atoms with Crippen molar-refractivity contribution in [3.05, 3.63) is 46.5 Å². The third-order valence-corrected chi connectivity index (χ3v) is 6.77. The van der Waals surface area contributed by atoms with Crippen LogP contribution < -0.4 is 0 Å². The average Bonchev–Trinajstić information content (AvgIpc) is 3.03. The Morgan fingerprint density at radius 3 is 2.79 bits per heavy atom. The van der Waals surface area contributed by atoms with Crippen molar-refractivity contribution in [2.75, 3.05) is 6.54 Å². The van der Waals surface area contributed by atoms with E-state index in [-0.39, 0.29) is 0 Å². The Morgan fingerprint density at radius 1 is 1.25 bits per heavy atom. The molecule has 0 radical (unpaired) electrons. The fraction of sp³-hybridized carbons (Fsp3) is 0.579. The van der Waals surface area contributed by atoms with E-state index in [2.05, 4.69) is 26.6 Å². The molecule has 0 unspecified atom stereocenters. The van der Waals surface area contributed by atoms with Gasteiger partial charge in [-0.2, -0.15) is 0 Å². The van der Waals surface area contributed by atoms with Crippen LogP contribution in [0.3, 0.4) is 0 Å². The van der Waals surface area contributed by atoms with Gasteiger partial charge >= 0.3 is 0 Å². The molecule has 2 aromatic rings. The molecule has 5 heteroatoms. The van der Waals surface area contributed by atoms with Crippen LogP contribution in [0.2, 0.25) is 0 Å². The van der Waals surface area contributed by atoms with E-state index in [1.165, 1.54) is 35.7 Å². The smallest absolute Gasteiger partial charge is 0.0951 e. The van der Waals surface area contributed by atoms with Crippen LogP contribution >= 0.6 is 11.5 Å². The lowest BCUT2D eigenvalue weighted by molar-refractivity contribution is -0.122. The molecule has 2 aliphatic rings. The highest BCUT2D eigenvalue weighted by Gasteiger charge is 2.49. The van der Waals surface area contributed by atoms with Crippen molar-refractivity contribution >= 4 is 11.5 Å². The highest BCUT2D eigenvalue weighted by Crippen LogP contribution is 2.47. The topological polar surface area (TPSA) is 49.2 Å². The Hall–Kier alpha value is -1.30. The second-order valence-corrected chi connectivity index (χ2v) is 8.09. The van der Waals surface area contributed by atoms with E-state index in [0.717, 1.165) is 37.2 Å². The van der Waals surface area contributed by atoms with Gasteiger partial charge in [-0.15, -0.1) is 5.10 Å². The highest BCUT2D eigenvalue weighted by atomic mass is 32.1. The molecule has 1 aromatic carbocycles. The van der Waals surface area contributed by atoms with Crippen molar-refractivity contribution in [1.29, 1.82) is 0 Å². The number of hydrogen-bond donors (Lipinski definition) is 1. The number of benzene rings is 1. The predicted molar refractivity (Wildman–Crippen MR) is 95.8 cm³/mol. The SMILES string of the molecule is Cc1nnsc1CN1CC[C@@](O)(c2ccccc2)[C@H]2CCCC[C@@H]21. The maximum Gasteiger partial charge on any atom is 0.0951 e. The molecule has 3 atom stereocenters. The molecule has 0 spiro atoms. The Morgan fingerprint density at radius 2 is 2.04 bits per heavy atom. The molecular weight excluding hydrogens is 318 g/mol. The maximum absolute atomic E-state index is 11.6. The van der Waals surface area contributed by atoms with E-state index in [9.17, 15) is 5.11 Å². The molecule has 0 bridgehead atoms. The minimum absolute atomic E-state index is 0.323. The van der Waals surface area contributed by atoms with Gasteiger partial charge in [0.25, 0.3) is 0 Å². The fourth-order valence-electron chi connectivity index (χ4n) is 4.63. The van der Waals surface area contributed by atoms with Crippen LogP contribution in [-0.2, 0) is 12.1 Å². The zero-order valence-electron chi connectivity index (χ0n) is 14.2. The molecule has 1 saturated carbocycles. The predicted octanol–water partition coefficient (Wildman–Crippen LogP) is 3.50. The zero-order valence-corrected chi connectivity index (χ0v) is 15.0. The molecule has 4 rings (SSSR count). The summed E-state index contributed by atoms with van der Waals surface area (Å²) in [7, 11) is 0. The maximum atomic E-state index is 11.6. The van der Waals surface area contributed by atoms with Crippen LogP contribution in [0.1, 0.15) is 48.2 Å². The van der Waals surface area contributed by atoms with Gasteiger partial charge in [-0.25, -0.2) is 0 Å². The molecule has 2 fully saturated rings. The number of fused-ring (bicyclic) bond motifs is 1. The summed E-state index contributed by atoms with van der Waals surface area (Å²) in [4.78, 5) is 3.84. The summed E-state index contributed by atoms with van der Waals surface area (Å²) in [6.07, 6.45) is 5.61. The summed E-state index contributed by atoms with van der Waals surface area (Å²) >= 11 is 1.51. The summed E-state index contributed by atoms with van der Waals surface area (Å²) in [6, 6.07) is 10.8. The van der Waals surface area contributed by atoms with Crippen LogP contribution in [0.25, 0.3) is 0 Å². The van der Waals surface area contributed by atoms with E-state index in [0.29, 0.717) is 12.0 Å². The Balaban J connectivity index is 1.61. The van der Waals surface area contributed by atoms with Crippen molar-refractivity contribution in [2.45, 2.75) is 57.2 Å². The Bertz CT molecular complexity index is 689. The number of aryl methyl sites for hydroxylation is 1. The first-order chi connectivity index (χ1) is 11.7. The highest BCUT2D eigenvalue weighted by molar-refractivity contribution is 7.05. The lowest BCUT2D eigenvalue weighted by atomic mass is 9.66. The van der Waals surface area contributed by atoms with Gasteiger partial charge in [0.05, 0.1) is 16.2 Å². The first-order valence-electron chi connectivity index (χ1n) is 8.98. The molecule has 1 aromatic heterocycles. The van der Waals surface area contributed by atoms with Crippen molar-refractivity contribution in [1.82, 2.24) is 14.5 Å². The number of aliphatic hydroxyl groups is 1. The van der Waals surface area contributed by atoms with Gasteiger partial charge in [0.2, 0.25) is 0 Å². The Kier molecular flexibility index (Phi) is 4.41. The molecule has 2 heterocycles. The van der Waals surface area contributed by atoms with Crippen molar-refractivity contribution in [2.24, 2.45) is 5.92 Å². The minimum Gasteiger partial charge on any atom is -0.385 e. The monoisotopic (exact) mass is 343 g/mol. The van der Waals surface area contributed by atoms with Crippen LogP contribution in [0.5, 0.6) is 0 Å². The quantitative estimate of drug-likeness (QED) is 0.927. The first kappa shape index (κ1) is 16.2. The average molecular weight is 343 g/mol. The Labute approximate surface area is 147 Å². The number of likely N-dealkylation sites (tertiary alicyclic amines) is 1. The van der Waals surface area contributed by atoms with Gasteiger partial charge < -0.3 is 5.11 Å². The summed E-state index contributed by atoms with van der Waals surface area (Å²) in [5, 5.41) is 15.7. The van der Waals surface area contributed by atoms with Crippen molar-refractivity contribution < 1.29 is 5.11 Å². The molecule has 1 aliphatic carbocycles. The molecule has 1 saturated heterocycles. The summed E-state index contributed by atoms with van der Waals surface area (Å²) < 4.78 is 4.08. The second kappa shape index (κ2) is 6.54. The number of piperidine rings is 1. The van der Waals surface area contributed by atoms with Crippen molar-refractivity contribution in [3.8, 4) is 0 Å². The van der Waals surface area contributed by atoms with E-state index in [1.54, 1.807) is 0 Å². The molecule has 24 heavy (non-hydrogen) atoms. The first-order valence-corrected chi connectivity index (χ1v) is 9.75. The molecule has 128 valence electrons. The van der Waals surface area contributed by atoms with Crippen LogP contribution in [-0.4, -0.2) is 32.2 Å². The van der Waals surface area contributed by atoms with Crippen LogP contribution in [0.15, 0.2) is 30.3 Å². The third-order valence-electron chi connectivity index (χ3n) is 5.96. The lowest BCUT2D eigenvalue weighted by Crippen LogP contribution is -2.57. The molecule has 1 aliphatic heterocycles. The summed E-state index contributed by atoms with van der Waals surface area (Å²) in [5.41, 5.74) is 1.47. The number of hydrogen-bond acceptors (Lipinski definition) is 5. The minimum atomic E-state index is -0.677. The number of rotatable bonds is 3. The van der Waals surface area contributed by atoms with E-state index >= 15 is 0 Å². The molecule has 4 nitrogen and oxygen atoms in total. The standard InChI is InChI=1S/C19H25N3OS/c1-14-18(24-21-20-14)13-22-12-11-19(23,15-7-3-2-4-8-15)16-9-5-6-10-17(16)22/h2-4,7-8,16-17,23H,5-6,9-13H2,1H3/t16-,17-,19+/m0/s1. The fourth-order valence-corrected chi connectivity index (χ4v) is 5.29. The van der Waals surface area contributed by atoms with Gasteiger partial charge in [0.1, 0.15) is 0 Å². The van der Waals surface area contributed by atoms with Crippen molar-refractivity contribution in [3.63, 3.8) is 0 Å². The number of nitrogens with zero attached hydrogens (tertiary/aromatic N) is 3. The van der Waals surface area contributed by atoms with Gasteiger partial charge in [-0.1, -0.05) is 47.7 Å². The zero-order chi connectivity index (χ0) is 16.6. The summed E-state index contributed by atoms with van der Waals surface area (Å²) in [6.45, 7) is 3.90. The second-order valence-electron chi connectivity index (χ2n) is 7.25. The van der Waals surface area contributed by atoms with Crippen LogP contribution in [0.4, 0.5) is 0 Å². The number of aromatic nitrogens is 2. The van der Waals surface area contributed by atoms with E-state index in [1.807, 2.05) is 25.1 Å². The van der Waals surface area contributed by atoms with Gasteiger partial charge in [-0.05, 0) is 43.3 Å². The largest absolute Gasteiger partial charge is 0.385 e. The third kappa shape index (κ3) is 2.79. The van der Waals surface area contributed by atoms with Gasteiger partial charge in [0.15, 0.2) is 0 Å². The van der Waals surface area contributed by atoms with E-state index in [4.69, 9.17) is 0 Å². The summed E-state index contributed by atoms with van der Waals surface area (Å²) in [5.74, 6) is 0.323.